The van der Waals surface area contributed by atoms with E-state index >= 15 is 0 Å². The van der Waals surface area contributed by atoms with Crippen molar-refractivity contribution in [1.82, 2.24) is 0 Å². The lowest BCUT2D eigenvalue weighted by atomic mass is 9.95. The molecule has 5 nitrogen and oxygen atoms in total. The Bertz CT molecular complexity index is 1430. The predicted octanol–water partition coefficient (Wildman–Crippen LogP) is 6.53. The fourth-order valence-electron chi connectivity index (χ4n) is 4.97. The summed E-state index contributed by atoms with van der Waals surface area (Å²) in [5.41, 5.74) is 4.61. The molecular weight excluding hydrogens is 502 g/mol. The molecule has 39 heavy (non-hydrogen) atoms. The number of hydrogen-bond donors (Lipinski definition) is 1. The van der Waals surface area contributed by atoms with Crippen LogP contribution >= 0.6 is 0 Å². The van der Waals surface area contributed by atoms with Gasteiger partial charge in [0.25, 0.3) is 0 Å². The molecule has 198 valence electrons. The molecule has 1 aliphatic rings. The van der Waals surface area contributed by atoms with Crippen LogP contribution in [0.3, 0.4) is 0 Å². The van der Waals surface area contributed by atoms with Gasteiger partial charge in [-0.1, -0.05) is 78.9 Å². The van der Waals surface area contributed by atoms with Crippen LogP contribution in [0.5, 0.6) is 5.75 Å². The number of rotatable bonds is 10. The Kier molecular flexibility index (Phi) is 7.68. The van der Waals surface area contributed by atoms with E-state index in [0.29, 0.717) is 0 Å². The third kappa shape index (κ3) is 5.82. The number of benzene rings is 4. The predicted molar refractivity (Wildman–Crippen MR) is 141 cm³/mol. The lowest BCUT2D eigenvalue weighted by Gasteiger charge is -2.17. The second kappa shape index (κ2) is 11.5. The Labute approximate surface area is 224 Å². The van der Waals surface area contributed by atoms with E-state index in [9.17, 15) is 23.5 Å². The Morgan fingerprint density at radius 2 is 1.38 bits per heavy atom. The van der Waals surface area contributed by atoms with Crippen molar-refractivity contribution in [2.24, 2.45) is 5.92 Å². The lowest BCUT2D eigenvalue weighted by molar-refractivity contribution is -0.151. The van der Waals surface area contributed by atoms with Crippen molar-refractivity contribution < 1.29 is 33.0 Å². The summed E-state index contributed by atoms with van der Waals surface area (Å²) in [6.45, 7) is 0.161. The molecule has 0 aromatic heterocycles. The second-order valence-electron chi connectivity index (χ2n) is 9.49. The number of carboxylic acids is 1. The van der Waals surface area contributed by atoms with Crippen LogP contribution in [0, 0.1) is 17.6 Å². The summed E-state index contributed by atoms with van der Waals surface area (Å²) in [5.74, 6) is -5.50. The van der Waals surface area contributed by atoms with Crippen LogP contribution < -0.4 is 4.74 Å². The molecule has 4 aromatic carbocycles. The molecular formula is C32H26F2O5. The van der Waals surface area contributed by atoms with Crippen molar-refractivity contribution in [2.45, 2.75) is 25.4 Å². The maximum Gasteiger partial charge on any atom is 0.307 e. The van der Waals surface area contributed by atoms with Gasteiger partial charge in [-0.15, -0.1) is 0 Å². The summed E-state index contributed by atoms with van der Waals surface area (Å²) < 4.78 is 40.6. The van der Waals surface area contributed by atoms with E-state index in [1.54, 1.807) is 0 Å². The van der Waals surface area contributed by atoms with Crippen LogP contribution in [0.15, 0.2) is 91.0 Å². The molecule has 0 fully saturated rings. The monoisotopic (exact) mass is 528 g/mol. The van der Waals surface area contributed by atoms with E-state index < -0.39 is 47.9 Å². The van der Waals surface area contributed by atoms with Crippen LogP contribution in [-0.2, 0) is 27.4 Å². The number of esters is 1. The average molecular weight is 529 g/mol. The van der Waals surface area contributed by atoms with E-state index in [4.69, 9.17) is 9.47 Å². The van der Waals surface area contributed by atoms with Gasteiger partial charge < -0.3 is 14.6 Å². The van der Waals surface area contributed by atoms with Gasteiger partial charge in [0, 0.05) is 23.6 Å². The van der Waals surface area contributed by atoms with Crippen LogP contribution in [-0.4, -0.2) is 23.7 Å². The molecule has 1 atom stereocenters. The molecule has 0 amide bonds. The zero-order valence-corrected chi connectivity index (χ0v) is 21.0. The minimum absolute atomic E-state index is 0.0130. The van der Waals surface area contributed by atoms with E-state index in [1.165, 1.54) is 0 Å². The molecule has 4 aromatic rings. The molecule has 0 spiro atoms. The van der Waals surface area contributed by atoms with Crippen LogP contribution in [0.4, 0.5) is 8.78 Å². The fourth-order valence-corrected chi connectivity index (χ4v) is 4.97. The molecule has 0 saturated heterocycles. The zero-order chi connectivity index (χ0) is 27.4. The molecule has 0 radical (unpaired) electrons. The summed E-state index contributed by atoms with van der Waals surface area (Å²) in [4.78, 5) is 24.6. The van der Waals surface area contributed by atoms with Crippen molar-refractivity contribution in [3.63, 3.8) is 0 Å². The largest absolute Gasteiger partial charge is 0.489 e. The van der Waals surface area contributed by atoms with Gasteiger partial charge >= 0.3 is 11.9 Å². The van der Waals surface area contributed by atoms with Crippen molar-refractivity contribution in [2.75, 3.05) is 6.61 Å². The Hall–Kier alpha value is -4.52. The second-order valence-corrected chi connectivity index (χ2v) is 9.49. The highest BCUT2D eigenvalue weighted by atomic mass is 19.1. The van der Waals surface area contributed by atoms with Gasteiger partial charge in [0.1, 0.15) is 30.6 Å². The third-order valence-corrected chi connectivity index (χ3v) is 6.95. The van der Waals surface area contributed by atoms with Gasteiger partial charge in [0.05, 0.1) is 12.3 Å². The number of hydrogen-bond acceptors (Lipinski definition) is 4. The van der Waals surface area contributed by atoms with E-state index in [-0.39, 0.29) is 24.9 Å². The summed E-state index contributed by atoms with van der Waals surface area (Å²) in [6, 6.07) is 26.9. The SMILES string of the molecule is O=C(C[C@@H](Cc1c(F)cc(OCc2ccccc2)cc1F)C(=O)O)OCC1c2ccccc2-c2ccccc21. The first-order valence-electron chi connectivity index (χ1n) is 12.6. The lowest BCUT2D eigenvalue weighted by Crippen LogP contribution is -2.23. The van der Waals surface area contributed by atoms with E-state index in [2.05, 4.69) is 0 Å². The number of aliphatic carboxylic acids is 1. The molecule has 7 heteroatoms. The maximum absolute atomic E-state index is 14.8. The molecule has 1 N–H and O–H groups in total. The molecule has 0 bridgehead atoms. The summed E-state index contributed by atoms with van der Waals surface area (Å²) in [7, 11) is 0. The van der Waals surface area contributed by atoms with Gasteiger partial charge in [-0.25, -0.2) is 8.78 Å². The first-order chi connectivity index (χ1) is 18.9. The van der Waals surface area contributed by atoms with Gasteiger partial charge in [0.2, 0.25) is 0 Å². The van der Waals surface area contributed by atoms with E-state index in [0.717, 1.165) is 39.9 Å². The van der Waals surface area contributed by atoms with Crippen molar-refractivity contribution in [3.8, 4) is 16.9 Å². The maximum atomic E-state index is 14.8. The number of ether oxygens (including phenoxy) is 2. The molecule has 1 aliphatic carbocycles. The minimum Gasteiger partial charge on any atom is -0.489 e. The highest BCUT2D eigenvalue weighted by Gasteiger charge is 2.30. The smallest absolute Gasteiger partial charge is 0.307 e. The summed E-state index contributed by atoms with van der Waals surface area (Å²) in [6.07, 6.45) is -1.02. The zero-order valence-electron chi connectivity index (χ0n) is 21.0. The van der Waals surface area contributed by atoms with Crippen molar-refractivity contribution >= 4 is 11.9 Å². The number of halogens is 2. The molecule has 0 heterocycles. The Balaban J connectivity index is 1.23. The van der Waals surface area contributed by atoms with Gasteiger partial charge in [0.15, 0.2) is 0 Å². The first kappa shape index (κ1) is 26.1. The van der Waals surface area contributed by atoms with Crippen molar-refractivity contribution in [3.05, 3.63) is 125 Å². The average Bonchev–Trinajstić information content (AvgIpc) is 3.26. The first-order valence-corrected chi connectivity index (χ1v) is 12.6. The minimum atomic E-state index is -1.36. The standard InChI is InChI=1S/C32H26F2O5/c33-29-16-22(38-18-20-8-2-1-3-9-20)17-30(34)27(29)14-21(32(36)37)15-31(35)39-19-28-25-12-6-4-10-23(25)24-11-5-7-13-26(24)28/h1-13,16-17,21,28H,14-15,18-19H2,(H,36,37)/t21-/m1/s1. The van der Waals surface area contributed by atoms with Gasteiger partial charge in [-0.05, 0) is 34.2 Å². The quantitative estimate of drug-likeness (QED) is 0.237. The normalized spacial score (nSPS) is 12.9. The number of carboxylic acid groups (broad SMARTS) is 1. The highest BCUT2D eigenvalue weighted by Crippen LogP contribution is 2.44. The molecule has 0 saturated carbocycles. The van der Waals surface area contributed by atoms with Crippen LogP contribution in [0.25, 0.3) is 11.1 Å². The Morgan fingerprint density at radius 1 is 0.821 bits per heavy atom. The molecule has 5 rings (SSSR count). The number of carbonyl (C=O) groups is 2. The van der Waals surface area contributed by atoms with Crippen molar-refractivity contribution in [1.29, 1.82) is 0 Å². The number of carbonyl (C=O) groups excluding carboxylic acids is 1. The van der Waals surface area contributed by atoms with Gasteiger partial charge in [-0.2, -0.15) is 0 Å². The summed E-state index contributed by atoms with van der Waals surface area (Å²) in [5, 5.41) is 9.69. The summed E-state index contributed by atoms with van der Waals surface area (Å²) >= 11 is 0. The Morgan fingerprint density at radius 3 is 1.97 bits per heavy atom. The molecule has 0 aliphatic heterocycles. The number of fused-ring (bicyclic) bond motifs is 3. The van der Waals surface area contributed by atoms with E-state index in [1.807, 2.05) is 78.9 Å². The van der Waals surface area contributed by atoms with Crippen LogP contribution in [0.1, 0.15) is 34.6 Å². The highest BCUT2D eigenvalue weighted by molar-refractivity contribution is 5.80. The van der Waals surface area contributed by atoms with Gasteiger partial charge in [-0.3, -0.25) is 9.59 Å². The fraction of sp³-hybridized carbons (Fsp3) is 0.188. The molecule has 0 unspecified atom stereocenters. The van der Waals surface area contributed by atoms with Crippen LogP contribution in [0.2, 0.25) is 0 Å². The topological polar surface area (TPSA) is 72.8 Å². The third-order valence-electron chi connectivity index (χ3n) is 6.95.